The van der Waals surface area contributed by atoms with Gasteiger partial charge in [0.2, 0.25) is 0 Å². The molecule has 11 heavy (non-hydrogen) atoms. The zero-order chi connectivity index (χ0) is 8.43. The van der Waals surface area contributed by atoms with Crippen LogP contribution < -0.4 is 0 Å². The number of rotatable bonds is 2. The first-order chi connectivity index (χ1) is 5.11. The van der Waals surface area contributed by atoms with Crippen LogP contribution in [0.25, 0.3) is 0 Å². The van der Waals surface area contributed by atoms with E-state index in [4.69, 9.17) is 5.11 Å². The van der Waals surface area contributed by atoms with E-state index in [2.05, 4.69) is 0 Å². The van der Waals surface area contributed by atoms with E-state index in [0.717, 1.165) is 24.6 Å². The van der Waals surface area contributed by atoms with Crippen molar-refractivity contribution in [1.82, 2.24) is 0 Å². The molecule has 0 aromatic heterocycles. The number of carbonyl (C=O) groups is 2. The minimum Gasteiger partial charge on any atom is -0.481 e. The van der Waals surface area contributed by atoms with Crippen molar-refractivity contribution >= 4 is 22.8 Å². The monoisotopic (exact) mass is 174 g/mol. The molecular weight excluding hydrogens is 164 g/mol. The quantitative estimate of drug-likeness (QED) is 0.681. The van der Waals surface area contributed by atoms with E-state index in [1.54, 1.807) is 0 Å². The number of thioether (sulfide) groups is 1. The van der Waals surface area contributed by atoms with Crippen LogP contribution >= 0.6 is 11.8 Å². The van der Waals surface area contributed by atoms with Crippen molar-refractivity contribution < 1.29 is 14.7 Å². The second-order valence-corrected chi connectivity index (χ2v) is 4.09. The van der Waals surface area contributed by atoms with Crippen LogP contribution in [0.4, 0.5) is 0 Å². The van der Waals surface area contributed by atoms with Gasteiger partial charge in [0.15, 0.2) is 5.12 Å². The molecule has 0 amide bonds. The van der Waals surface area contributed by atoms with Gasteiger partial charge in [0, 0.05) is 12.2 Å². The lowest BCUT2D eigenvalue weighted by atomic mass is 9.85. The van der Waals surface area contributed by atoms with Crippen molar-refractivity contribution in [2.45, 2.75) is 25.0 Å². The molecular formula is C7H10O3S. The fraction of sp³-hybridized carbons (Fsp3) is 0.714. The molecule has 62 valence electrons. The Morgan fingerprint density at radius 2 is 2.09 bits per heavy atom. The van der Waals surface area contributed by atoms with Gasteiger partial charge in [-0.15, -0.1) is 0 Å². The first-order valence-corrected chi connectivity index (χ1v) is 4.39. The van der Waals surface area contributed by atoms with Crippen LogP contribution in [0, 0.1) is 5.92 Å². The molecule has 1 rings (SSSR count). The zero-order valence-corrected chi connectivity index (χ0v) is 7.06. The summed E-state index contributed by atoms with van der Waals surface area (Å²) in [4.78, 5) is 21.0. The molecule has 4 heteroatoms. The third-order valence-electron chi connectivity index (χ3n) is 1.85. The first kappa shape index (κ1) is 8.59. The summed E-state index contributed by atoms with van der Waals surface area (Å²) in [7, 11) is 0. The molecule has 0 bridgehead atoms. The minimum absolute atomic E-state index is 0.0148. The lowest BCUT2D eigenvalue weighted by Gasteiger charge is -2.31. The van der Waals surface area contributed by atoms with Crippen molar-refractivity contribution in [3.05, 3.63) is 0 Å². The van der Waals surface area contributed by atoms with Gasteiger partial charge < -0.3 is 5.11 Å². The van der Waals surface area contributed by atoms with Crippen molar-refractivity contribution in [3.63, 3.8) is 0 Å². The molecule has 2 unspecified atom stereocenters. The van der Waals surface area contributed by atoms with Crippen LogP contribution in [-0.2, 0) is 9.59 Å². The van der Waals surface area contributed by atoms with Gasteiger partial charge in [0.1, 0.15) is 0 Å². The molecule has 1 aliphatic carbocycles. The lowest BCUT2D eigenvalue weighted by molar-refractivity contribution is -0.144. The van der Waals surface area contributed by atoms with E-state index >= 15 is 0 Å². The Balaban J connectivity index is 2.37. The highest BCUT2D eigenvalue weighted by atomic mass is 32.2. The third kappa shape index (κ3) is 1.96. The Hall–Kier alpha value is -0.510. The Morgan fingerprint density at radius 3 is 2.36 bits per heavy atom. The minimum atomic E-state index is -0.769. The second-order valence-electron chi connectivity index (χ2n) is 2.67. The molecule has 0 saturated heterocycles. The SMILES string of the molecule is CC(=O)SC1CCC1C(=O)O. The summed E-state index contributed by atoms with van der Waals surface area (Å²) in [5.74, 6) is -1.06. The molecule has 0 aromatic carbocycles. The summed E-state index contributed by atoms with van der Waals surface area (Å²) in [5, 5.41) is 8.64. The average molecular weight is 174 g/mol. The molecule has 2 atom stereocenters. The van der Waals surface area contributed by atoms with Gasteiger partial charge in [-0.25, -0.2) is 0 Å². The Bertz CT molecular complexity index is 190. The molecule has 0 aliphatic heterocycles. The fourth-order valence-electron chi connectivity index (χ4n) is 1.11. The molecule has 0 radical (unpaired) electrons. The van der Waals surface area contributed by atoms with Crippen LogP contribution in [-0.4, -0.2) is 21.4 Å². The first-order valence-electron chi connectivity index (χ1n) is 3.51. The molecule has 3 nitrogen and oxygen atoms in total. The van der Waals surface area contributed by atoms with E-state index in [-0.39, 0.29) is 16.3 Å². The van der Waals surface area contributed by atoms with Gasteiger partial charge >= 0.3 is 5.97 Å². The van der Waals surface area contributed by atoms with E-state index < -0.39 is 5.97 Å². The lowest BCUT2D eigenvalue weighted by Crippen LogP contribution is -2.35. The van der Waals surface area contributed by atoms with Crippen LogP contribution in [0.15, 0.2) is 0 Å². The maximum Gasteiger partial charge on any atom is 0.307 e. The maximum absolute atomic E-state index is 10.6. The second kappa shape index (κ2) is 3.26. The van der Waals surface area contributed by atoms with Crippen LogP contribution in [0.1, 0.15) is 19.8 Å². The number of carboxylic acid groups (broad SMARTS) is 1. The van der Waals surface area contributed by atoms with Gasteiger partial charge in [-0.1, -0.05) is 11.8 Å². The van der Waals surface area contributed by atoms with Gasteiger partial charge in [-0.05, 0) is 12.8 Å². The highest BCUT2D eigenvalue weighted by Crippen LogP contribution is 2.37. The molecule has 1 fully saturated rings. The number of carboxylic acids is 1. The van der Waals surface area contributed by atoms with E-state index in [1.807, 2.05) is 0 Å². The molecule has 1 N–H and O–H groups in total. The normalized spacial score (nSPS) is 29.2. The van der Waals surface area contributed by atoms with E-state index in [1.165, 1.54) is 6.92 Å². The summed E-state index contributed by atoms with van der Waals surface area (Å²) in [6.07, 6.45) is 1.58. The number of carbonyl (C=O) groups excluding carboxylic acids is 1. The molecule has 1 aliphatic rings. The summed E-state index contributed by atoms with van der Waals surface area (Å²) in [6, 6.07) is 0. The molecule has 1 saturated carbocycles. The number of hydrogen-bond donors (Lipinski definition) is 1. The average Bonchev–Trinajstić information content (AvgIpc) is 1.78. The van der Waals surface area contributed by atoms with Crippen molar-refractivity contribution in [3.8, 4) is 0 Å². The summed E-state index contributed by atoms with van der Waals surface area (Å²) >= 11 is 1.16. The van der Waals surface area contributed by atoms with Gasteiger partial charge in [0.25, 0.3) is 0 Å². The van der Waals surface area contributed by atoms with Crippen LogP contribution in [0.2, 0.25) is 0 Å². The summed E-state index contributed by atoms with van der Waals surface area (Å²) in [5.41, 5.74) is 0. The highest BCUT2D eigenvalue weighted by molar-refractivity contribution is 8.14. The van der Waals surface area contributed by atoms with Crippen LogP contribution in [0.3, 0.4) is 0 Å². The number of hydrogen-bond acceptors (Lipinski definition) is 3. The Kier molecular flexibility index (Phi) is 2.54. The topological polar surface area (TPSA) is 54.4 Å². The molecule has 0 spiro atoms. The van der Waals surface area contributed by atoms with Gasteiger partial charge in [-0.2, -0.15) is 0 Å². The standard InChI is InChI=1S/C7H10O3S/c1-4(8)11-6-3-2-5(6)7(9)10/h5-6H,2-3H2,1H3,(H,9,10). The predicted octanol–water partition coefficient (Wildman–Crippen LogP) is 1.13. The van der Waals surface area contributed by atoms with Crippen LogP contribution in [0.5, 0.6) is 0 Å². The van der Waals surface area contributed by atoms with Crippen molar-refractivity contribution in [2.75, 3.05) is 0 Å². The van der Waals surface area contributed by atoms with Crippen molar-refractivity contribution in [1.29, 1.82) is 0 Å². The van der Waals surface area contributed by atoms with E-state index in [0.29, 0.717) is 0 Å². The zero-order valence-electron chi connectivity index (χ0n) is 6.24. The molecule has 0 aromatic rings. The predicted molar refractivity (Wildman–Crippen MR) is 42.4 cm³/mol. The molecule has 0 heterocycles. The highest BCUT2D eigenvalue weighted by Gasteiger charge is 2.37. The maximum atomic E-state index is 10.6. The third-order valence-corrected chi connectivity index (χ3v) is 3.04. The van der Waals surface area contributed by atoms with E-state index in [9.17, 15) is 9.59 Å². The van der Waals surface area contributed by atoms with Gasteiger partial charge in [0.05, 0.1) is 5.92 Å². The Morgan fingerprint density at radius 1 is 1.45 bits per heavy atom. The largest absolute Gasteiger partial charge is 0.481 e. The smallest absolute Gasteiger partial charge is 0.307 e. The summed E-state index contributed by atoms with van der Waals surface area (Å²) in [6.45, 7) is 1.47. The Labute approximate surface area is 69.2 Å². The van der Waals surface area contributed by atoms with Crippen molar-refractivity contribution in [2.24, 2.45) is 5.92 Å². The summed E-state index contributed by atoms with van der Waals surface area (Å²) < 4.78 is 0. The van der Waals surface area contributed by atoms with Gasteiger partial charge in [-0.3, -0.25) is 9.59 Å². The fourth-order valence-corrected chi connectivity index (χ4v) is 2.20. The number of aliphatic carboxylic acids is 1.